The number of nitrogen functional groups attached to an aromatic ring is 1. The van der Waals surface area contributed by atoms with Gasteiger partial charge in [0.05, 0.1) is 6.20 Å². The van der Waals surface area contributed by atoms with E-state index < -0.39 is 22.8 Å². The molecular formula is C15H10B3F2N5O. The number of fused-ring (bicyclic) bond motifs is 1. The van der Waals surface area contributed by atoms with Crippen LogP contribution in [0.1, 0.15) is 24.5 Å². The van der Waals surface area contributed by atoms with Gasteiger partial charge in [0.25, 0.3) is 0 Å². The Morgan fingerprint density at radius 3 is 2.58 bits per heavy atom. The summed E-state index contributed by atoms with van der Waals surface area (Å²) in [5.74, 6) is -1.79. The largest absolute Gasteiger partial charge is 0.514 e. The smallest absolute Gasteiger partial charge is 0.168 e. The van der Waals surface area contributed by atoms with Crippen molar-refractivity contribution in [1.82, 2.24) is 19.6 Å². The maximum Gasteiger partial charge on any atom is 0.168 e. The van der Waals surface area contributed by atoms with Crippen molar-refractivity contribution in [3.05, 3.63) is 35.7 Å². The first kappa shape index (κ1) is 16.9. The molecule has 3 heterocycles. The van der Waals surface area contributed by atoms with Gasteiger partial charge in [0.1, 0.15) is 46.4 Å². The topological polar surface area (TPSA) is 78.3 Å². The Kier molecular flexibility index (Phi) is 3.71. The van der Waals surface area contributed by atoms with E-state index in [1.807, 2.05) is 0 Å². The molecule has 1 aliphatic carbocycles. The molecule has 0 bridgehead atoms. The zero-order valence-electron chi connectivity index (χ0n) is 13.5. The lowest BCUT2D eigenvalue weighted by atomic mass is 9.52. The van der Waals surface area contributed by atoms with Gasteiger partial charge in [-0.1, -0.05) is 0 Å². The molecule has 124 valence electrons. The van der Waals surface area contributed by atoms with Crippen LogP contribution in [0, 0.1) is 11.6 Å². The minimum atomic E-state index is -1.88. The Bertz CT molecular complexity index is 1020. The lowest BCUT2D eigenvalue weighted by Gasteiger charge is -2.24. The van der Waals surface area contributed by atoms with Crippen molar-refractivity contribution in [2.45, 2.75) is 24.1 Å². The average molecular weight is 347 g/mol. The van der Waals surface area contributed by atoms with Crippen molar-refractivity contribution in [3.8, 4) is 17.1 Å². The second-order valence-corrected chi connectivity index (χ2v) is 6.22. The number of aromatic nitrogens is 4. The molecule has 4 rings (SSSR count). The predicted molar refractivity (Wildman–Crippen MR) is 93.1 cm³/mol. The number of nitrogens with zero attached hydrogens (tertiary/aromatic N) is 4. The highest BCUT2D eigenvalue weighted by Gasteiger charge is 2.31. The number of anilines is 1. The molecule has 6 radical (unpaired) electrons. The normalized spacial score (nSPS) is 14.7. The van der Waals surface area contributed by atoms with Gasteiger partial charge in [-0.25, -0.2) is 23.3 Å². The standard InChI is InChI=1S/C15H10B3F2N5O/c16-15(17,18)26-10-4-11-22-5-9(25(11)24-12(10)6-1-2-6)13-7(19)3-8(20)14(21)23-13/h3-6H,1-2H2,(H2,21,23). The highest BCUT2D eigenvalue weighted by molar-refractivity contribution is 6.58. The second-order valence-electron chi connectivity index (χ2n) is 6.22. The van der Waals surface area contributed by atoms with Gasteiger partial charge >= 0.3 is 0 Å². The van der Waals surface area contributed by atoms with Crippen molar-refractivity contribution in [2.75, 3.05) is 5.73 Å². The van der Waals surface area contributed by atoms with E-state index in [4.69, 9.17) is 34.0 Å². The fourth-order valence-electron chi connectivity index (χ4n) is 2.65. The van der Waals surface area contributed by atoms with Crippen LogP contribution in [0.25, 0.3) is 17.0 Å². The molecule has 2 N–H and O–H groups in total. The van der Waals surface area contributed by atoms with Gasteiger partial charge in [-0.15, -0.1) is 0 Å². The molecule has 26 heavy (non-hydrogen) atoms. The van der Waals surface area contributed by atoms with Gasteiger partial charge in [0.15, 0.2) is 23.1 Å². The lowest BCUT2D eigenvalue weighted by Crippen LogP contribution is -2.38. The Hall–Kier alpha value is -2.58. The van der Waals surface area contributed by atoms with E-state index in [0.717, 1.165) is 12.8 Å². The Labute approximate surface area is 151 Å². The highest BCUT2D eigenvalue weighted by Crippen LogP contribution is 2.44. The highest BCUT2D eigenvalue weighted by atomic mass is 19.1. The molecule has 1 saturated carbocycles. The zero-order valence-corrected chi connectivity index (χ0v) is 13.5. The van der Waals surface area contributed by atoms with Crippen molar-refractivity contribution in [1.29, 1.82) is 0 Å². The van der Waals surface area contributed by atoms with Gasteiger partial charge in [-0.2, -0.15) is 5.10 Å². The van der Waals surface area contributed by atoms with Gasteiger partial charge in [-0.3, -0.25) is 0 Å². The van der Waals surface area contributed by atoms with Crippen molar-refractivity contribution in [2.24, 2.45) is 0 Å². The van der Waals surface area contributed by atoms with E-state index in [1.165, 1.54) is 10.7 Å². The number of hydrogen-bond acceptors (Lipinski definition) is 5. The van der Waals surface area contributed by atoms with Gasteiger partial charge in [-0.05, 0) is 18.1 Å². The summed E-state index contributed by atoms with van der Waals surface area (Å²) in [7, 11) is 16.6. The second kappa shape index (κ2) is 5.72. The van der Waals surface area contributed by atoms with Crippen LogP contribution in [0.3, 0.4) is 0 Å². The third kappa shape index (κ3) is 3.02. The number of ether oxygens (including phenoxy) is 1. The first-order valence-electron chi connectivity index (χ1n) is 7.79. The molecule has 0 spiro atoms. The summed E-state index contributed by atoms with van der Waals surface area (Å²) >= 11 is 0. The van der Waals surface area contributed by atoms with Crippen LogP contribution in [-0.4, -0.2) is 48.4 Å². The van der Waals surface area contributed by atoms with Crippen molar-refractivity contribution in [3.63, 3.8) is 0 Å². The van der Waals surface area contributed by atoms with Crippen LogP contribution in [0.2, 0.25) is 0 Å². The molecule has 3 aromatic rings. The molecule has 0 aromatic carbocycles. The Balaban J connectivity index is 1.89. The molecule has 3 aromatic heterocycles. The first-order valence-corrected chi connectivity index (χ1v) is 7.79. The van der Waals surface area contributed by atoms with Gasteiger partial charge in [0, 0.05) is 18.1 Å². The van der Waals surface area contributed by atoms with E-state index in [9.17, 15) is 8.78 Å². The van der Waals surface area contributed by atoms with Crippen LogP contribution in [0.4, 0.5) is 14.6 Å². The summed E-state index contributed by atoms with van der Waals surface area (Å²) in [6.07, 6.45) is 3.16. The number of rotatable bonds is 4. The molecule has 6 nitrogen and oxygen atoms in total. The lowest BCUT2D eigenvalue weighted by molar-refractivity contribution is 0.312. The molecule has 0 unspecified atom stereocenters. The molecular weight excluding hydrogens is 337 g/mol. The molecule has 1 aliphatic rings. The first-order chi connectivity index (χ1) is 12.2. The van der Waals surface area contributed by atoms with Crippen LogP contribution >= 0.6 is 0 Å². The van der Waals surface area contributed by atoms with E-state index in [0.29, 0.717) is 23.2 Å². The van der Waals surface area contributed by atoms with E-state index in [-0.39, 0.29) is 17.3 Å². The molecule has 11 heteroatoms. The quantitative estimate of drug-likeness (QED) is 0.714. The van der Waals surface area contributed by atoms with Crippen LogP contribution < -0.4 is 10.5 Å². The maximum absolute atomic E-state index is 14.2. The summed E-state index contributed by atoms with van der Waals surface area (Å²) < 4.78 is 34.3. The summed E-state index contributed by atoms with van der Waals surface area (Å²) in [5.41, 5.74) is 6.41. The van der Waals surface area contributed by atoms with Crippen LogP contribution in [0.5, 0.6) is 5.75 Å². The Morgan fingerprint density at radius 1 is 1.19 bits per heavy atom. The molecule has 0 aliphatic heterocycles. The molecule has 0 atom stereocenters. The average Bonchev–Trinajstić information content (AvgIpc) is 3.30. The summed E-state index contributed by atoms with van der Waals surface area (Å²) in [4.78, 5) is 7.93. The zero-order chi connectivity index (χ0) is 18.6. The third-order valence-corrected chi connectivity index (χ3v) is 3.93. The number of nitrogens with two attached hydrogens (primary N) is 1. The number of pyridine rings is 1. The van der Waals surface area contributed by atoms with E-state index in [1.54, 1.807) is 6.07 Å². The van der Waals surface area contributed by atoms with Crippen LogP contribution in [-0.2, 0) is 0 Å². The van der Waals surface area contributed by atoms with Gasteiger partial charge in [0.2, 0.25) is 0 Å². The SMILES string of the molecule is [B]C([B])([B])Oc1cc2ncc(-c3nc(N)c(F)cc3F)n2nc1C1CC1. The maximum atomic E-state index is 14.2. The monoisotopic (exact) mass is 347 g/mol. The molecule has 0 amide bonds. The predicted octanol–water partition coefficient (Wildman–Crippen LogP) is 1.02. The molecule has 1 fully saturated rings. The van der Waals surface area contributed by atoms with E-state index in [2.05, 4.69) is 15.1 Å². The third-order valence-electron chi connectivity index (χ3n) is 3.93. The number of halogens is 2. The van der Waals surface area contributed by atoms with Crippen LogP contribution in [0.15, 0.2) is 18.3 Å². The van der Waals surface area contributed by atoms with E-state index >= 15 is 0 Å². The minimum Gasteiger partial charge on any atom is -0.514 e. The van der Waals surface area contributed by atoms with Crippen molar-refractivity contribution < 1.29 is 13.5 Å². The summed E-state index contributed by atoms with van der Waals surface area (Å²) in [5, 5.41) is 2.60. The fourth-order valence-corrected chi connectivity index (χ4v) is 2.65. The van der Waals surface area contributed by atoms with Gasteiger partial charge < -0.3 is 10.5 Å². The summed E-state index contributed by atoms with van der Waals surface area (Å²) in [6.45, 7) is 0. The fraction of sp³-hybridized carbons (Fsp3) is 0.267. The minimum absolute atomic E-state index is 0.142. The summed E-state index contributed by atoms with van der Waals surface area (Å²) in [6, 6.07) is 2.22. The Morgan fingerprint density at radius 2 is 1.92 bits per heavy atom. The molecule has 0 saturated heterocycles. The number of hydrogen-bond donors (Lipinski definition) is 1. The number of imidazole rings is 1. The van der Waals surface area contributed by atoms with Crippen molar-refractivity contribution >= 4 is 35.0 Å².